The van der Waals surface area contributed by atoms with Crippen LogP contribution < -0.4 is 19.7 Å². The maximum atomic E-state index is 14.2. The van der Waals surface area contributed by atoms with Gasteiger partial charge in [-0.05, 0) is 32.3 Å². The van der Waals surface area contributed by atoms with E-state index in [-0.39, 0.29) is 24.0 Å². The molecule has 3 aromatic rings. The Hall–Kier alpha value is -3.36. The second kappa shape index (κ2) is 6.83. The number of pyridine rings is 1. The Kier molecular flexibility index (Phi) is 4.06. The molecule has 0 spiro atoms. The molecule has 0 saturated heterocycles. The molecule has 6 rings (SSSR count). The van der Waals surface area contributed by atoms with Crippen molar-refractivity contribution in [1.82, 2.24) is 24.9 Å². The van der Waals surface area contributed by atoms with Crippen molar-refractivity contribution in [3.8, 4) is 11.6 Å². The molecule has 1 fully saturated rings. The number of rotatable bonds is 0. The standard InChI is InChI=1S/C22H23FN6O2/c1-12-11-30-19-10-29-20-16(8-25-29)13(2)26-17-4-3-5-18(17)31-22-14(6-15(23)7-24-22)9-28(12)21(19)27-20/h6-8,10,12,17-18,26H,2-5,9,11H2,1H3/t12-,17+,18+/m1/s1. The number of aromatic nitrogens is 4. The molecular formula is C22H23FN6O2. The third kappa shape index (κ3) is 2.98. The van der Waals surface area contributed by atoms with Gasteiger partial charge in [0.15, 0.2) is 17.2 Å². The van der Waals surface area contributed by atoms with Gasteiger partial charge in [-0.15, -0.1) is 0 Å². The van der Waals surface area contributed by atoms with Crippen LogP contribution in [0.25, 0.3) is 11.3 Å². The predicted octanol–water partition coefficient (Wildman–Crippen LogP) is 2.92. The van der Waals surface area contributed by atoms with E-state index in [0.29, 0.717) is 41.8 Å². The summed E-state index contributed by atoms with van der Waals surface area (Å²) < 4.78 is 28.2. The van der Waals surface area contributed by atoms with Gasteiger partial charge in [0.2, 0.25) is 5.88 Å². The van der Waals surface area contributed by atoms with Crippen LogP contribution in [0, 0.1) is 5.82 Å². The summed E-state index contributed by atoms with van der Waals surface area (Å²) in [6, 6.07) is 1.62. The first-order chi connectivity index (χ1) is 15.1. The highest BCUT2D eigenvalue weighted by Gasteiger charge is 2.33. The van der Waals surface area contributed by atoms with Crippen LogP contribution >= 0.6 is 0 Å². The molecule has 2 aliphatic heterocycles. The minimum Gasteiger partial charge on any atom is -0.486 e. The molecule has 9 heteroatoms. The van der Waals surface area contributed by atoms with Gasteiger partial charge >= 0.3 is 0 Å². The lowest BCUT2D eigenvalue weighted by Crippen LogP contribution is -2.41. The highest BCUT2D eigenvalue weighted by Crippen LogP contribution is 2.37. The zero-order valence-corrected chi connectivity index (χ0v) is 17.2. The number of anilines is 1. The number of hydrogen-bond donors (Lipinski definition) is 1. The van der Waals surface area contributed by atoms with Gasteiger partial charge in [-0.2, -0.15) is 5.10 Å². The molecule has 3 aliphatic rings. The van der Waals surface area contributed by atoms with Gasteiger partial charge in [0.05, 0.1) is 42.8 Å². The summed E-state index contributed by atoms with van der Waals surface area (Å²) in [5.74, 6) is 1.41. The fraction of sp³-hybridized carbons (Fsp3) is 0.409. The molecule has 3 aromatic heterocycles. The van der Waals surface area contributed by atoms with Crippen LogP contribution in [0.4, 0.5) is 10.2 Å². The second-order valence-electron chi connectivity index (χ2n) is 8.48. The quantitative estimate of drug-likeness (QED) is 0.597. The molecule has 0 radical (unpaired) electrons. The molecule has 3 atom stereocenters. The van der Waals surface area contributed by atoms with E-state index >= 15 is 0 Å². The molecule has 2 bridgehead atoms. The normalized spacial score (nSPS) is 24.9. The molecule has 5 heterocycles. The number of halogens is 1. The third-order valence-electron chi connectivity index (χ3n) is 6.36. The van der Waals surface area contributed by atoms with E-state index < -0.39 is 0 Å². The summed E-state index contributed by atoms with van der Waals surface area (Å²) in [5.41, 5.74) is 2.99. The predicted molar refractivity (Wildman–Crippen MR) is 113 cm³/mol. The van der Waals surface area contributed by atoms with Crippen LogP contribution in [-0.4, -0.2) is 44.4 Å². The lowest BCUT2D eigenvalue weighted by molar-refractivity contribution is 0.172. The fourth-order valence-electron chi connectivity index (χ4n) is 4.69. The average molecular weight is 422 g/mol. The van der Waals surface area contributed by atoms with Crippen LogP contribution in [0.5, 0.6) is 11.6 Å². The van der Waals surface area contributed by atoms with E-state index in [0.717, 1.165) is 30.5 Å². The second-order valence-corrected chi connectivity index (χ2v) is 8.48. The molecule has 1 N–H and O–H groups in total. The van der Waals surface area contributed by atoms with Crippen molar-refractivity contribution >= 4 is 17.2 Å². The van der Waals surface area contributed by atoms with Crippen LogP contribution in [0.2, 0.25) is 0 Å². The summed E-state index contributed by atoms with van der Waals surface area (Å²) in [4.78, 5) is 11.3. The summed E-state index contributed by atoms with van der Waals surface area (Å²) in [7, 11) is 0. The van der Waals surface area contributed by atoms with Crippen LogP contribution in [0.3, 0.4) is 0 Å². The SMILES string of the molecule is C=C1N[C@H]2CCC[C@@H]2Oc2ncc(F)cc2CN2c3nc4c1cnn4cc3OC[C@H]2C. The Morgan fingerprint density at radius 3 is 3.10 bits per heavy atom. The van der Waals surface area contributed by atoms with Gasteiger partial charge in [-0.3, -0.25) is 0 Å². The molecular weight excluding hydrogens is 399 g/mol. The van der Waals surface area contributed by atoms with Crippen molar-refractivity contribution in [3.05, 3.63) is 48.2 Å². The Morgan fingerprint density at radius 2 is 2.19 bits per heavy atom. The Bertz CT molecular complexity index is 1190. The molecule has 160 valence electrons. The largest absolute Gasteiger partial charge is 0.486 e. The van der Waals surface area contributed by atoms with Gasteiger partial charge in [0.25, 0.3) is 0 Å². The highest BCUT2D eigenvalue weighted by atomic mass is 19.1. The van der Waals surface area contributed by atoms with E-state index in [9.17, 15) is 4.39 Å². The van der Waals surface area contributed by atoms with E-state index in [1.165, 1.54) is 12.3 Å². The van der Waals surface area contributed by atoms with Gasteiger partial charge in [-0.25, -0.2) is 18.9 Å². The molecule has 1 aliphatic carbocycles. The van der Waals surface area contributed by atoms with Crippen LogP contribution in [0.15, 0.2) is 31.2 Å². The van der Waals surface area contributed by atoms with Crippen molar-refractivity contribution in [2.75, 3.05) is 11.5 Å². The van der Waals surface area contributed by atoms with E-state index in [1.54, 1.807) is 10.7 Å². The highest BCUT2D eigenvalue weighted by molar-refractivity contribution is 5.75. The maximum absolute atomic E-state index is 14.2. The summed E-state index contributed by atoms with van der Waals surface area (Å²) in [6.07, 6.45) is 7.64. The molecule has 0 amide bonds. The maximum Gasteiger partial charge on any atom is 0.218 e. The summed E-state index contributed by atoms with van der Waals surface area (Å²) in [6.45, 7) is 7.22. The zero-order valence-electron chi connectivity index (χ0n) is 17.2. The average Bonchev–Trinajstić information content (AvgIpc) is 3.36. The first-order valence-corrected chi connectivity index (χ1v) is 10.6. The van der Waals surface area contributed by atoms with Gasteiger partial charge in [0.1, 0.15) is 18.5 Å². The van der Waals surface area contributed by atoms with Crippen molar-refractivity contribution < 1.29 is 13.9 Å². The third-order valence-corrected chi connectivity index (χ3v) is 6.36. The van der Waals surface area contributed by atoms with Gasteiger partial charge < -0.3 is 19.7 Å². The molecule has 31 heavy (non-hydrogen) atoms. The van der Waals surface area contributed by atoms with E-state index in [2.05, 4.69) is 33.8 Å². The Morgan fingerprint density at radius 1 is 1.29 bits per heavy atom. The lowest BCUT2D eigenvalue weighted by Gasteiger charge is -2.35. The molecule has 1 saturated carbocycles. The Labute approximate surface area is 178 Å². The van der Waals surface area contributed by atoms with Crippen molar-refractivity contribution in [2.24, 2.45) is 0 Å². The van der Waals surface area contributed by atoms with Crippen LogP contribution in [-0.2, 0) is 6.54 Å². The van der Waals surface area contributed by atoms with Crippen molar-refractivity contribution in [2.45, 2.75) is 50.9 Å². The van der Waals surface area contributed by atoms with E-state index in [1.807, 2.05) is 6.20 Å². The minimum atomic E-state index is -0.385. The summed E-state index contributed by atoms with van der Waals surface area (Å²) >= 11 is 0. The number of ether oxygens (including phenoxy) is 2. The first kappa shape index (κ1) is 18.4. The first-order valence-electron chi connectivity index (χ1n) is 10.6. The number of nitrogens with zero attached hydrogens (tertiary/aromatic N) is 5. The molecule has 0 aromatic carbocycles. The van der Waals surface area contributed by atoms with Crippen LogP contribution in [0.1, 0.15) is 37.3 Å². The molecule has 8 nitrogen and oxygen atoms in total. The van der Waals surface area contributed by atoms with Gasteiger partial charge in [0, 0.05) is 11.3 Å². The number of hydrogen-bond acceptors (Lipinski definition) is 7. The summed E-state index contributed by atoms with van der Waals surface area (Å²) in [5, 5.41) is 7.97. The van der Waals surface area contributed by atoms with Crippen molar-refractivity contribution in [3.63, 3.8) is 0 Å². The zero-order chi connectivity index (χ0) is 21.1. The minimum absolute atomic E-state index is 0.0376. The number of fused-ring (bicyclic) bond motifs is 2. The molecule has 0 unspecified atom stereocenters. The Balaban J connectivity index is 1.55. The lowest BCUT2D eigenvalue weighted by atomic mass is 10.1. The van der Waals surface area contributed by atoms with Gasteiger partial charge in [-0.1, -0.05) is 6.58 Å². The number of nitrogens with one attached hydrogen (secondary N) is 1. The topological polar surface area (TPSA) is 76.8 Å². The van der Waals surface area contributed by atoms with Crippen molar-refractivity contribution in [1.29, 1.82) is 0 Å². The monoisotopic (exact) mass is 422 g/mol. The smallest absolute Gasteiger partial charge is 0.218 e. The van der Waals surface area contributed by atoms with E-state index in [4.69, 9.17) is 14.5 Å². The fourth-order valence-corrected chi connectivity index (χ4v) is 4.69.